The van der Waals surface area contributed by atoms with Gasteiger partial charge in [0.15, 0.2) is 0 Å². The predicted octanol–water partition coefficient (Wildman–Crippen LogP) is 1.37. The molecular weight excluding hydrogens is 162 g/mol. The summed E-state index contributed by atoms with van der Waals surface area (Å²) in [6.07, 6.45) is 0. The molecule has 0 saturated carbocycles. The van der Waals surface area contributed by atoms with E-state index in [-0.39, 0.29) is 6.61 Å². The van der Waals surface area contributed by atoms with Crippen molar-refractivity contribution in [3.63, 3.8) is 0 Å². The lowest BCUT2D eigenvalue weighted by Gasteiger charge is -2.11. The molecule has 10 heavy (non-hydrogen) atoms. The molecular formula is C4H10FO4P. The molecule has 62 valence electrons. The van der Waals surface area contributed by atoms with Crippen molar-refractivity contribution < 1.29 is 22.5 Å². The van der Waals surface area contributed by atoms with Gasteiger partial charge in [0, 0.05) is 14.2 Å². The van der Waals surface area contributed by atoms with Gasteiger partial charge in [-0.05, 0) is 0 Å². The van der Waals surface area contributed by atoms with Gasteiger partial charge in [0.1, 0.15) is 6.67 Å². The second kappa shape index (κ2) is 4.79. The molecule has 0 amide bonds. The predicted molar refractivity (Wildman–Crippen MR) is 33.6 cm³/mol. The summed E-state index contributed by atoms with van der Waals surface area (Å²) in [6, 6.07) is 0. The lowest BCUT2D eigenvalue weighted by molar-refractivity contribution is 0.143. The van der Waals surface area contributed by atoms with Gasteiger partial charge in [0.05, 0.1) is 6.61 Å². The fourth-order valence-corrected chi connectivity index (χ4v) is 0.979. The maximum absolute atomic E-state index is 11.4. The second-order valence-corrected chi connectivity index (χ2v) is 3.22. The van der Waals surface area contributed by atoms with Gasteiger partial charge in [-0.2, -0.15) is 0 Å². The average Bonchev–Trinajstić information content (AvgIpc) is 2.00. The van der Waals surface area contributed by atoms with Crippen molar-refractivity contribution in [1.82, 2.24) is 0 Å². The van der Waals surface area contributed by atoms with Crippen molar-refractivity contribution in [2.24, 2.45) is 0 Å². The van der Waals surface area contributed by atoms with Crippen LogP contribution in [0, 0.1) is 0 Å². The molecule has 0 atom stereocenters. The third kappa shape index (κ3) is 3.27. The van der Waals surface area contributed by atoms with Crippen LogP contribution >= 0.6 is 7.82 Å². The van der Waals surface area contributed by atoms with Crippen LogP contribution < -0.4 is 0 Å². The van der Waals surface area contributed by atoms with Crippen LogP contribution in [0.2, 0.25) is 0 Å². The van der Waals surface area contributed by atoms with E-state index in [4.69, 9.17) is 0 Å². The molecule has 0 bridgehead atoms. The SMILES string of the molecule is COP(=O)(OC)OCCF. The number of phosphoric acid groups is 1. The van der Waals surface area contributed by atoms with Crippen LogP contribution in [-0.4, -0.2) is 27.5 Å². The van der Waals surface area contributed by atoms with Crippen LogP contribution in [0.4, 0.5) is 4.39 Å². The van der Waals surface area contributed by atoms with Crippen LogP contribution in [-0.2, 0) is 18.1 Å². The third-order valence-electron chi connectivity index (χ3n) is 0.774. The summed E-state index contributed by atoms with van der Waals surface area (Å²) in [6.45, 7) is -0.990. The van der Waals surface area contributed by atoms with E-state index in [1.807, 2.05) is 0 Å². The smallest absolute Gasteiger partial charge is 0.290 e. The van der Waals surface area contributed by atoms with Gasteiger partial charge in [0.2, 0.25) is 0 Å². The average molecular weight is 172 g/mol. The largest absolute Gasteiger partial charge is 0.474 e. The number of halogens is 1. The molecule has 0 unspecified atom stereocenters. The first-order chi connectivity index (χ1) is 4.68. The Kier molecular flexibility index (Phi) is 4.81. The van der Waals surface area contributed by atoms with Crippen molar-refractivity contribution in [3.8, 4) is 0 Å². The molecule has 6 heteroatoms. The summed E-state index contributed by atoms with van der Waals surface area (Å²) < 4.78 is 35.4. The summed E-state index contributed by atoms with van der Waals surface area (Å²) in [5.74, 6) is 0. The van der Waals surface area contributed by atoms with Crippen molar-refractivity contribution in [2.45, 2.75) is 0 Å². The van der Waals surface area contributed by atoms with E-state index in [9.17, 15) is 8.96 Å². The fraction of sp³-hybridized carbons (Fsp3) is 1.00. The Morgan fingerprint density at radius 1 is 1.40 bits per heavy atom. The van der Waals surface area contributed by atoms with Crippen LogP contribution in [0.15, 0.2) is 0 Å². The maximum atomic E-state index is 11.4. The van der Waals surface area contributed by atoms with Crippen molar-refractivity contribution in [1.29, 1.82) is 0 Å². The highest BCUT2D eigenvalue weighted by molar-refractivity contribution is 7.48. The minimum Gasteiger partial charge on any atom is -0.290 e. The first kappa shape index (κ1) is 10.0. The van der Waals surface area contributed by atoms with Crippen LogP contribution in [0.3, 0.4) is 0 Å². The second-order valence-electron chi connectivity index (χ2n) is 1.33. The lowest BCUT2D eigenvalue weighted by Crippen LogP contribution is -1.97. The van der Waals surface area contributed by atoms with Crippen LogP contribution in [0.1, 0.15) is 0 Å². The van der Waals surface area contributed by atoms with E-state index < -0.39 is 14.5 Å². The molecule has 0 aromatic heterocycles. The zero-order valence-electron chi connectivity index (χ0n) is 5.87. The monoisotopic (exact) mass is 172 g/mol. The van der Waals surface area contributed by atoms with Crippen molar-refractivity contribution >= 4 is 7.82 Å². The van der Waals surface area contributed by atoms with E-state index >= 15 is 0 Å². The van der Waals surface area contributed by atoms with Gasteiger partial charge < -0.3 is 0 Å². The molecule has 0 fully saturated rings. The zero-order valence-corrected chi connectivity index (χ0v) is 6.77. The Bertz CT molecular complexity index is 120. The molecule has 0 saturated heterocycles. The fourth-order valence-electron chi connectivity index (χ4n) is 0.326. The summed E-state index contributed by atoms with van der Waals surface area (Å²) in [5.41, 5.74) is 0. The standard InChI is InChI=1S/C4H10FO4P/c1-7-10(6,8-2)9-4-3-5/h3-4H2,1-2H3. The molecule has 0 aliphatic heterocycles. The molecule has 0 aromatic rings. The van der Waals surface area contributed by atoms with Gasteiger partial charge in [-0.15, -0.1) is 0 Å². The van der Waals surface area contributed by atoms with Gasteiger partial charge in [-0.25, -0.2) is 8.96 Å². The number of alkyl halides is 1. The summed E-state index contributed by atoms with van der Waals surface area (Å²) >= 11 is 0. The molecule has 0 radical (unpaired) electrons. The number of hydrogen-bond donors (Lipinski definition) is 0. The third-order valence-corrected chi connectivity index (χ3v) is 2.17. The van der Waals surface area contributed by atoms with Crippen LogP contribution in [0.25, 0.3) is 0 Å². The highest BCUT2D eigenvalue weighted by atomic mass is 31.2. The van der Waals surface area contributed by atoms with Crippen molar-refractivity contribution in [2.75, 3.05) is 27.5 Å². The molecule has 0 aromatic carbocycles. The summed E-state index contributed by atoms with van der Waals surface area (Å²) in [5, 5.41) is 0. The highest BCUT2D eigenvalue weighted by Crippen LogP contribution is 2.47. The van der Waals surface area contributed by atoms with E-state index in [1.54, 1.807) is 0 Å². The minimum atomic E-state index is -3.44. The first-order valence-electron chi connectivity index (χ1n) is 2.60. The molecule has 0 rings (SSSR count). The van der Waals surface area contributed by atoms with Gasteiger partial charge >= 0.3 is 7.82 Å². The zero-order chi connectivity index (χ0) is 8.04. The molecule has 0 aliphatic rings. The minimum absolute atomic E-state index is 0.279. The van der Waals surface area contributed by atoms with Crippen LogP contribution in [0.5, 0.6) is 0 Å². The number of rotatable bonds is 5. The lowest BCUT2D eigenvalue weighted by atomic mass is 10.9. The van der Waals surface area contributed by atoms with Gasteiger partial charge in [-0.3, -0.25) is 13.6 Å². The first-order valence-corrected chi connectivity index (χ1v) is 4.06. The Labute approximate surface area is 58.9 Å². The molecule has 0 aliphatic carbocycles. The Morgan fingerprint density at radius 2 is 1.90 bits per heavy atom. The van der Waals surface area contributed by atoms with Crippen molar-refractivity contribution in [3.05, 3.63) is 0 Å². The van der Waals surface area contributed by atoms with E-state index in [2.05, 4.69) is 13.6 Å². The molecule has 0 N–H and O–H groups in total. The van der Waals surface area contributed by atoms with E-state index in [0.29, 0.717) is 0 Å². The number of phosphoric ester groups is 1. The molecule has 0 heterocycles. The summed E-state index contributed by atoms with van der Waals surface area (Å²) in [7, 11) is -1.10. The number of hydrogen-bond acceptors (Lipinski definition) is 4. The van der Waals surface area contributed by atoms with E-state index in [1.165, 1.54) is 14.2 Å². The van der Waals surface area contributed by atoms with E-state index in [0.717, 1.165) is 0 Å². The quantitative estimate of drug-likeness (QED) is 0.587. The Balaban J connectivity index is 3.70. The maximum Gasteiger partial charge on any atom is 0.474 e. The Hall–Kier alpha value is 0.0400. The highest BCUT2D eigenvalue weighted by Gasteiger charge is 2.21. The van der Waals surface area contributed by atoms with Gasteiger partial charge in [0.25, 0.3) is 0 Å². The molecule has 4 nitrogen and oxygen atoms in total. The molecule has 0 spiro atoms. The Morgan fingerprint density at radius 3 is 2.20 bits per heavy atom. The topological polar surface area (TPSA) is 44.8 Å². The normalized spacial score (nSPS) is 11.9. The summed E-state index contributed by atoms with van der Waals surface area (Å²) in [4.78, 5) is 0. The van der Waals surface area contributed by atoms with Gasteiger partial charge in [-0.1, -0.05) is 0 Å².